The number of piperazine rings is 1. The van der Waals surface area contributed by atoms with Crippen LogP contribution in [0.25, 0.3) is 0 Å². The summed E-state index contributed by atoms with van der Waals surface area (Å²) in [6.07, 6.45) is -9.84. The molecule has 6 heterocycles. The van der Waals surface area contributed by atoms with E-state index < -0.39 is 59.3 Å². The van der Waals surface area contributed by atoms with Crippen LogP contribution in [0.2, 0.25) is 0 Å². The Morgan fingerprint density at radius 2 is 1.51 bits per heavy atom. The number of carbonyl (C=O) groups excluding carboxylic acids is 3. The van der Waals surface area contributed by atoms with E-state index in [1.54, 1.807) is 4.90 Å². The molecule has 4 amide bonds. The maximum absolute atomic E-state index is 14.0. The first-order chi connectivity index (χ1) is 25.1. The number of fused-ring (bicyclic) bond motifs is 3. The van der Waals surface area contributed by atoms with Gasteiger partial charge in [0, 0.05) is 81.8 Å². The van der Waals surface area contributed by atoms with Crippen LogP contribution in [-0.2, 0) is 34.7 Å². The molecule has 0 spiro atoms. The molecule has 11 nitrogen and oxygen atoms in total. The fourth-order valence-electron chi connectivity index (χ4n) is 8.72. The number of nitrogens with zero attached hydrogens (tertiary/aromatic N) is 5. The van der Waals surface area contributed by atoms with Crippen molar-refractivity contribution in [1.29, 1.82) is 0 Å². The van der Waals surface area contributed by atoms with Crippen molar-refractivity contribution in [2.75, 3.05) is 63.9 Å². The molecule has 1 aromatic carbocycles. The highest BCUT2D eigenvalue weighted by molar-refractivity contribution is 7.08. The second-order valence-corrected chi connectivity index (χ2v) is 15.6. The number of amides is 4. The number of likely N-dealkylation sites (N-methyl/N-ethyl adjacent to an activating group) is 1. The number of urea groups is 1. The standard InChI is InChI=1S/C35H43F6N7O4S/c1-44-16-25-15-24(44)17-48(25)23-3-7-45(8-4-23)31(49)29(14-20-12-26(34(36,37)38)30(42)27(13-20)35(39,40)41)52-33(51)46-9-5-22(6-10-46)47-11-2-21-18-53-19-28(21)43-32(47)50/h12-13,18-19,22-25,29H,2-11,14-17,42H2,1H3,(H,43,50)/t24?,25?,29-/m1/s1. The molecule has 3 N–H and O–H groups in total. The van der Waals surface area contributed by atoms with Gasteiger partial charge in [0.05, 0.1) is 22.5 Å². The van der Waals surface area contributed by atoms with Gasteiger partial charge in [0.15, 0.2) is 6.10 Å². The van der Waals surface area contributed by atoms with Crippen LogP contribution in [0.5, 0.6) is 0 Å². The molecule has 18 heteroatoms. The van der Waals surface area contributed by atoms with Crippen molar-refractivity contribution in [3.05, 3.63) is 45.1 Å². The number of nitrogen functional groups attached to an aromatic ring is 1. The lowest BCUT2D eigenvalue weighted by Gasteiger charge is -2.42. The molecule has 2 unspecified atom stereocenters. The summed E-state index contributed by atoms with van der Waals surface area (Å²) in [4.78, 5) is 50.0. The van der Waals surface area contributed by atoms with Gasteiger partial charge in [-0.15, -0.1) is 11.3 Å². The average molecular weight is 772 g/mol. The maximum atomic E-state index is 14.0. The van der Waals surface area contributed by atoms with Crippen LogP contribution in [0.15, 0.2) is 22.9 Å². The Kier molecular flexibility index (Phi) is 10.2. The molecule has 0 saturated carbocycles. The molecule has 0 aliphatic carbocycles. The second kappa shape index (κ2) is 14.5. The first-order valence-electron chi connectivity index (χ1n) is 18.0. The SMILES string of the molecule is CN1CC2CC1CN2C1CCN(C(=O)[C@@H](Cc2cc(C(F)(F)F)c(N)c(C(F)(F)F)c2)OC(=O)N2CCC(N3CCc4cscc4NC3=O)CC2)CC1. The number of nitrogens with two attached hydrogens (primary N) is 1. The summed E-state index contributed by atoms with van der Waals surface area (Å²) in [6, 6.07) is 1.74. The first kappa shape index (κ1) is 37.5. The maximum Gasteiger partial charge on any atom is 0.418 e. The third-order valence-corrected chi connectivity index (χ3v) is 12.4. The quantitative estimate of drug-likeness (QED) is 0.301. The highest BCUT2D eigenvalue weighted by Crippen LogP contribution is 2.42. The van der Waals surface area contributed by atoms with Crippen molar-refractivity contribution in [2.24, 2.45) is 0 Å². The number of hydrogen-bond donors (Lipinski definition) is 2. The largest absolute Gasteiger partial charge is 0.436 e. The van der Waals surface area contributed by atoms with Gasteiger partial charge < -0.3 is 35.4 Å². The Morgan fingerprint density at radius 3 is 2.09 bits per heavy atom. The van der Waals surface area contributed by atoms with Gasteiger partial charge in [-0.1, -0.05) is 0 Å². The van der Waals surface area contributed by atoms with Crippen LogP contribution in [0.4, 0.5) is 47.3 Å². The van der Waals surface area contributed by atoms with Crippen LogP contribution in [0.3, 0.4) is 0 Å². The molecule has 5 aliphatic heterocycles. The lowest BCUT2D eigenvalue weighted by molar-refractivity contribution is -0.142. The van der Waals surface area contributed by atoms with Crippen LogP contribution >= 0.6 is 11.3 Å². The topological polar surface area (TPSA) is 115 Å². The van der Waals surface area contributed by atoms with E-state index in [4.69, 9.17) is 10.5 Å². The van der Waals surface area contributed by atoms with Gasteiger partial charge in [-0.3, -0.25) is 9.69 Å². The molecule has 5 aliphatic rings. The number of nitrogens with one attached hydrogen (secondary N) is 1. The minimum absolute atomic E-state index is 0.173. The lowest BCUT2D eigenvalue weighted by atomic mass is 9.97. The third kappa shape index (κ3) is 7.76. The van der Waals surface area contributed by atoms with Gasteiger partial charge >= 0.3 is 24.5 Å². The average Bonchev–Trinajstić information content (AvgIpc) is 3.81. The van der Waals surface area contributed by atoms with E-state index in [2.05, 4.69) is 22.2 Å². The Labute approximate surface area is 307 Å². The number of anilines is 2. The number of rotatable bonds is 6. The number of hydrogen-bond acceptors (Lipinski definition) is 8. The molecule has 2 bridgehead atoms. The Bertz CT molecular complexity index is 1670. The summed E-state index contributed by atoms with van der Waals surface area (Å²) >= 11 is 1.51. The summed E-state index contributed by atoms with van der Waals surface area (Å²) in [6.45, 7) is 3.37. The number of benzene rings is 1. The highest BCUT2D eigenvalue weighted by Gasteiger charge is 2.46. The number of ether oxygens (including phenoxy) is 1. The van der Waals surface area contributed by atoms with Gasteiger partial charge in [-0.25, -0.2) is 9.59 Å². The van der Waals surface area contributed by atoms with Gasteiger partial charge in [-0.2, -0.15) is 26.3 Å². The molecule has 4 saturated heterocycles. The van der Waals surface area contributed by atoms with Crippen molar-refractivity contribution >= 4 is 40.7 Å². The molecule has 290 valence electrons. The third-order valence-electron chi connectivity index (χ3n) is 11.6. The monoisotopic (exact) mass is 771 g/mol. The Balaban J connectivity index is 1.05. The van der Waals surface area contributed by atoms with Crippen molar-refractivity contribution in [3.63, 3.8) is 0 Å². The molecule has 0 radical (unpaired) electrons. The molecular weight excluding hydrogens is 728 g/mol. The van der Waals surface area contributed by atoms with E-state index in [-0.39, 0.29) is 31.2 Å². The van der Waals surface area contributed by atoms with Crippen molar-refractivity contribution in [3.8, 4) is 0 Å². The zero-order valence-electron chi connectivity index (χ0n) is 29.2. The Morgan fingerprint density at radius 1 is 0.887 bits per heavy atom. The van der Waals surface area contributed by atoms with Gasteiger partial charge in [0.2, 0.25) is 0 Å². The zero-order chi connectivity index (χ0) is 37.8. The number of carbonyl (C=O) groups is 3. The van der Waals surface area contributed by atoms with E-state index in [0.717, 1.165) is 30.8 Å². The van der Waals surface area contributed by atoms with E-state index in [9.17, 15) is 40.7 Å². The van der Waals surface area contributed by atoms with Crippen LogP contribution < -0.4 is 11.1 Å². The summed E-state index contributed by atoms with van der Waals surface area (Å²) in [7, 11) is 2.11. The molecule has 1 aromatic heterocycles. The summed E-state index contributed by atoms with van der Waals surface area (Å²) in [5.74, 6) is -0.679. The number of likely N-dealkylation sites (tertiary alicyclic amines) is 4. The van der Waals surface area contributed by atoms with Gasteiger partial charge in [0.25, 0.3) is 5.91 Å². The van der Waals surface area contributed by atoms with E-state index in [0.29, 0.717) is 76.0 Å². The minimum Gasteiger partial charge on any atom is -0.436 e. The van der Waals surface area contributed by atoms with Gasteiger partial charge in [0.1, 0.15) is 0 Å². The number of alkyl halides is 6. The van der Waals surface area contributed by atoms with E-state index in [1.165, 1.54) is 21.1 Å². The smallest absolute Gasteiger partial charge is 0.418 e. The van der Waals surface area contributed by atoms with E-state index in [1.807, 2.05) is 10.8 Å². The molecule has 7 rings (SSSR count). The fourth-order valence-corrected chi connectivity index (χ4v) is 9.54. The summed E-state index contributed by atoms with van der Waals surface area (Å²) in [5, 5.41) is 6.80. The number of halogens is 6. The second-order valence-electron chi connectivity index (χ2n) is 14.8. The zero-order valence-corrected chi connectivity index (χ0v) is 30.0. The molecule has 53 heavy (non-hydrogen) atoms. The molecular formula is C35H43F6N7O4S. The molecule has 4 fully saturated rings. The molecule has 3 atom stereocenters. The van der Waals surface area contributed by atoms with Crippen LogP contribution in [-0.4, -0.2) is 126 Å². The lowest BCUT2D eigenvalue weighted by Crippen LogP contribution is -2.55. The fraction of sp³-hybridized carbons (Fsp3) is 0.629. The van der Waals surface area contributed by atoms with E-state index >= 15 is 0 Å². The van der Waals surface area contributed by atoms with Crippen molar-refractivity contribution in [2.45, 2.75) is 87.6 Å². The Hall–Kier alpha value is -3.77. The number of thiophene rings is 1. The summed E-state index contributed by atoms with van der Waals surface area (Å²) in [5.41, 5.74) is 1.88. The van der Waals surface area contributed by atoms with Crippen molar-refractivity contribution in [1.82, 2.24) is 24.5 Å². The van der Waals surface area contributed by atoms with Crippen LogP contribution in [0.1, 0.15) is 54.4 Å². The highest BCUT2D eigenvalue weighted by atomic mass is 32.1. The number of piperidine rings is 2. The summed E-state index contributed by atoms with van der Waals surface area (Å²) < 4.78 is 89.1. The normalized spacial score (nSPS) is 24.3. The first-order valence-corrected chi connectivity index (χ1v) is 18.9. The van der Waals surface area contributed by atoms with Gasteiger partial charge in [-0.05, 0) is 74.2 Å². The predicted octanol–water partition coefficient (Wildman–Crippen LogP) is 5.35. The van der Waals surface area contributed by atoms with Crippen molar-refractivity contribution < 1.29 is 45.5 Å². The minimum atomic E-state index is -5.21. The molecule has 2 aromatic rings. The van der Waals surface area contributed by atoms with Crippen LogP contribution in [0, 0.1) is 0 Å². The predicted molar refractivity (Wildman–Crippen MR) is 184 cm³/mol.